The second-order valence-electron chi connectivity index (χ2n) is 4.64. The zero-order valence-corrected chi connectivity index (χ0v) is 10.3. The average Bonchev–Trinajstić information content (AvgIpc) is 2.75. The Morgan fingerprint density at radius 3 is 2.83 bits per heavy atom. The first-order chi connectivity index (χ1) is 8.63. The van der Waals surface area contributed by atoms with Gasteiger partial charge in [0.25, 0.3) is 0 Å². The number of amides is 2. The predicted molar refractivity (Wildman–Crippen MR) is 65.6 cm³/mol. The number of hydrogen-bond donors (Lipinski definition) is 0. The second kappa shape index (κ2) is 3.73. The third kappa shape index (κ3) is 1.33. The third-order valence-electron chi connectivity index (χ3n) is 3.60. The van der Waals surface area contributed by atoms with Crippen molar-refractivity contribution in [3.05, 3.63) is 23.8 Å². The maximum absolute atomic E-state index is 12.1. The molecule has 0 radical (unpaired) electrons. The number of piperazine rings is 1. The van der Waals surface area contributed by atoms with Crippen LogP contribution in [0.4, 0.5) is 5.69 Å². The van der Waals surface area contributed by atoms with Crippen LogP contribution in [0.3, 0.4) is 0 Å². The van der Waals surface area contributed by atoms with Gasteiger partial charge in [0.15, 0.2) is 0 Å². The first-order valence-corrected chi connectivity index (χ1v) is 5.86. The van der Waals surface area contributed by atoms with Gasteiger partial charge < -0.3 is 9.64 Å². The number of fused-ring (bicyclic) bond motifs is 3. The van der Waals surface area contributed by atoms with Gasteiger partial charge in [-0.1, -0.05) is 6.07 Å². The molecule has 5 nitrogen and oxygen atoms in total. The molecule has 2 heterocycles. The van der Waals surface area contributed by atoms with Crippen LogP contribution in [0, 0.1) is 0 Å². The van der Waals surface area contributed by atoms with Crippen LogP contribution in [-0.4, -0.2) is 43.5 Å². The van der Waals surface area contributed by atoms with Gasteiger partial charge in [-0.15, -0.1) is 0 Å². The van der Waals surface area contributed by atoms with Gasteiger partial charge in [-0.25, -0.2) is 0 Å². The van der Waals surface area contributed by atoms with E-state index in [2.05, 4.69) is 0 Å². The van der Waals surface area contributed by atoms with Crippen molar-refractivity contribution in [2.75, 3.05) is 25.6 Å². The summed E-state index contributed by atoms with van der Waals surface area (Å²) in [6, 6.07) is 5.17. The minimum Gasteiger partial charge on any atom is -0.496 e. The van der Waals surface area contributed by atoms with Gasteiger partial charge in [-0.3, -0.25) is 14.5 Å². The van der Waals surface area contributed by atoms with Crippen LogP contribution in [0.1, 0.15) is 5.56 Å². The summed E-state index contributed by atoms with van der Waals surface area (Å²) >= 11 is 0. The molecule has 1 aromatic carbocycles. The number of nitrogens with zero attached hydrogens (tertiary/aromatic N) is 2. The highest BCUT2D eigenvalue weighted by Gasteiger charge is 2.44. The summed E-state index contributed by atoms with van der Waals surface area (Å²) in [5.74, 6) is 0.701. The van der Waals surface area contributed by atoms with E-state index in [1.165, 1.54) is 4.90 Å². The molecule has 1 fully saturated rings. The Balaban J connectivity index is 2.10. The number of anilines is 1. The number of carbonyl (C=O) groups excluding carboxylic acids is 2. The fraction of sp³-hybridized carbons (Fsp3) is 0.385. The van der Waals surface area contributed by atoms with Gasteiger partial charge in [0, 0.05) is 19.0 Å². The highest BCUT2D eigenvalue weighted by molar-refractivity contribution is 6.08. The van der Waals surface area contributed by atoms with E-state index in [1.54, 1.807) is 19.1 Å². The van der Waals surface area contributed by atoms with E-state index in [0.717, 1.165) is 17.0 Å². The molecule has 1 aromatic rings. The molecule has 0 N–H and O–H groups in total. The molecular formula is C13H14N2O3. The van der Waals surface area contributed by atoms with Gasteiger partial charge in [0.1, 0.15) is 11.8 Å². The number of carbonyl (C=O) groups is 2. The quantitative estimate of drug-likeness (QED) is 0.722. The van der Waals surface area contributed by atoms with Crippen molar-refractivity contribution in [1.29, 1.82) is 0 Å². The van der Waals surface area contributed by atoms with Crippen molar-refractivity contribution in [1.82, 2.24) is 4.90 Å². The monoisotopic (exact) mass is 246 g/mol. The van der Waals surface area contributed by atoms with Crippen molar-refractivity contribution < 1.29 is 14.3 Å². The average molecular weight is 246 g/mol. The Morgan fingerprint density at radius 1 is 1.33 bits per heavy atom. The van der Waals surface area contributed by atoms with E-state index in [1.807, 2.05) is 18.2 Å². The first kappa shape index (κ1) is 11.1. The van der Waals surface area contributed by atoms with Gasteiger partial charge in [0.05, 0.1) is 19.3 Å². The topological polar surface area (TPSA) is 49.9 Å². The SMILES string of the molecule is COc1cccc2c1CC1C(=O)N(C)CC(=O)N21. The molecular weight excluding hydrogens is 232 g/mol. The Morgan fingerprint density at radius 2 is 2.11 bits per heavy atom. The van der Waals surface area contributed by atoms with Gasteiger partial charge >= 0.3 is 0 Å². The smallest absolute Gasteiger partial charge is 0.247 e. The number of methoxy groups -OCH3 is 1. The van der Waals surface area contributed by atoms with E-state index < -0.39 is 6.04 Å². The molecule has 2 aliphatic heterocycles. The lowest BCUT2D eigenvalue weighted by atomic mass is 10.1. The van der Waals surface area contributed by atoms with E-state index in [9.17, 15) is 9.59 Å². The largest absolute Gasteiger partial charge is 0.496 e. The Kier molecular flexibility index (Phi) is 2.29. The summed E-state index contributed by atoms with van der Waals surface area (Å²) in [6.45, 7) is 0.145. The van der Waals surface area contributed by atoms with Gasteiger partial charge in [-0.05, 0) is 12.1 Å². The minimum atomic E-state index is -0.400. The molecule has 2 aliphatic rings. The molecule has 0 aliphatic carbocycles. The highest BCUT2D eigenvalue weighted by atomic mass is 16.5. The highest BCUT2D eigenvalue weighted by Crippen LogP contribution is 2.39. The molecule has 18 heavy (non-hydrogen) atoms. The maximum Gasteiger partial charge on any atom is 0.247 e. The lowest BCUT2D eigenvalue weighted by Crippen LogP contribution is -2.57. The van der Waals surface area contributed by atoms with Crippen molar-refractivity contribution >= 4 is 17.5 Å². The normalized spacial score (nSPS) is 22.0. The molecule has 1 unspecified atom stereocenters. The maximum atomic E-state index is 12.1. The summed E-state index contributed by atoms with van der Waals surface area (Å²) in [5.41, 5.74) is 1.76. The molecule has 0 bridgehead atoms. The Hall–Kier alpha value is -2.04. The van der Waals surface area contributed by atoms with Crippen molar-refractivity contribution in [2.45, 2.75) is 12.5 Å². The van der Waals surface area contributed by atoms with Crippen LogP contribution in [0.15, 0.2) is 18.2 Å². The van der Waals surface area contributed by atoms with E-state index in [4.69, 9.17) is 4.74 Å². The number of rotatable bonds is 1. The number of benzene rings is 1. The molecule has 3 rings (SSSR count). The molecule has 1 atom stereocenters. The second-order valence-corrected chi connectivity index (χ2v) is 4.64. The fourth-order valence-electron chi connectivity index (χ4n) is 2.75. The molecule has 0 spiro atoms. The molecule has 2 amide bonds. The van der Waals surface area contributed by atoms with Crippen molar-refractivity contribution in [2.24, 2.45) is 0 Å². The summed E-state index contributed by atoms with van der Waals surface area (Å²) in [7, 11) is 3.26. The summed E-state index contributed by atoms with van der Waals surface area (Å²) in [4.78, 5) is 27.3. The minimum absolute atomic E-state index is 0.00662. The van der Waals surface area contributed by atoms with E-state index in [0.29, 0.717) is 6.42 Å². The molecule has 5 heteroatoms. The zero-order valence-electron chi connectivity index (χ0n) is 10.3. The van der Waals surface area contributed by atoms with Crippen LogP contribution in [0.5, 0.6) is 5.75 Å². The Bertz CT molecular complexity index is 541. The summed E-state index contributed by atoms with van der Waals surface area (Å²) in [5, 5.41) is 0. The lowest BCUT2D eigenvalue weighted by Gasteiger charge is -2.34. The number of hydrogen-bond acceptors (Lipinski definition) is 3. The molecule has 0 saturated carbocycles. The zero-order chi connectivity index (χ0) is 12.9. The molecule has 0 aromatic heterocycles. The molecule has 1 saturated heterocycles. The fourth-order valence-corrected chi connectivity index (χ4v) is 2.75. The van der Waals surface area contributed by atoms with E-state index >= 15 is 0 Å². The Labute approximate surface area is 105 Å². The van der Waals surface area contributed by atoms with Crippen molar-refractivity contribution in [3.63, 3.8) is 0 Å². The van der Waals surface area contributed by atoms with Gasteiger partial charge in [-0.2, -0.15) is 0 Å². The number of ether oxygens (including phenoxy) is 1. The lowest BCUT2D eigenvalue weighted by molar-refractivity contribution is -0.139. The van der Waals surface area contributed by atoms with Crippen molar-refractivity contribution in [3.8, 4) is 5.75 Å². The summed E-state index contributed by atoms with van der Waals surface area (Å²) in [6.07, 6.45) is 0.536. The van der Waals surface area contributed by atoms with Crippen LogP contribution >= 0.6 is 0 Å². The summed E-state index contributed by atoms with van der Waals surface area (Å²) < 4.78 is 5.30. The third-order valence-corrected chi connectivity index (χ3v) is 3.60. The van der Waals surface area contributed by atoms with Crippen LogP contribution in [0.25, 0.3) is 0 Å². The van der Waals surface area contributed by atoms with Crippen LogP contribution < -0.4 is 9.64 Å². The first-order valence-electron chi connectivity index (χ1n) is 5.86. The van der Waals surface area contributed by atoms with E-state index in [-0.39, 0.29) is 18.4 Å². The standard InChI is InChI=1S/C13H14N2O3/c1-14-7-12(16)15-9-4-3-5-11(18-2)8(9)6-10(15)13(14)17/h3-5,10H,6-7H2,1-2H3. The van der Waals surface area contributed by atoms with Crippen LogP contribution in [-0.2, 0) is 16.0 Å². The number of likely N-dealkylation sites (N-methyl/N-ethyl adjacent to an activating group) is 1. The predicted octanol–water partition coefficient (Wildman–Crippen LogP) is 0.425. The van der Waals surface area contributed by atoms with Crippen LogP contribution in [0.2, 0.25) is 0 Å². The van der Waals surface area contributed by atoms with Gasteiger partial charge in [0.2, 0.25) is 11.8 Å². The molecule has 94 valence electrons.